The molecule has 35 heavy (non-hydrogen) atoms. The number of hydrogen-bond donors (Lipinski definition) is 2. The second-order valence-electron chi connectivity index (χ2n) is 9.10. The molecule has 0 spiro atoms. The zero-order chi connectivity index (χ0) is 25.2. The van der Waals surface area contributed by atoms with Crippen molar-refractivity contribution in [2.75, 3.05) is 37.4 Å². The van der Waals surface area contributed by atoms with Crippen LogP contribution in [0.15, 0.2) is 41.3 Å². The first-order valence-corrected chi connectivity index (χ1v) is 13.3. The third-order valence-electron chi connectivity index (χ3n) is 6.35. The molecule has 1 aliphatic rings. The number of aromatic nitrogens is 2. The number of nitrogens with one attached hydrogen (secondary N) is 2. The van der Waals surface area contributed by atoms with Gasteiger partial charge in [0.05, 0.1) is 10.5 Å². The highest BCUT2D eigenvalue weighted by Gasteiger charge is 2.26. The van der Waals surface area contributed by atoms with Crippen molar-refractivity contribution in [3.8, 4) is 0 Å². The Morgan fingerprint density at radius 2 is 1.66 bits per heavy atom. The minimum absolute atomic E-state index is 0.124. The zero-order valence-electron chi connectivity index (χ0n) is 19.6. The molecule has 0 unspecified atom stereocenters. The van der Waals surface area contributed by atoms with E-state index in [2.05, 4.69) is 20.0 Å². The quantitative estimate of drug-likeness (QED) is 0.411. The molecule has 2 aromatic carbocycles. The molecule has 11 heteroatoms. The number of anilines is 2. The Morgan fingerprint density at radius 3 is 2.34 bits per heavy atom. The highest BCUT2D eigenvalue weighted by molar-refractivity contribution is 7.89. The van der Waals surface area contributed by atoms with Crippen LogP contribution in [0, 0.1) is 23.5 Å². The van der Waals surface area contributed by atoms with Crippen LogP contribution < -0.4 is 14.9 Å². The fraction of sp³-hybridized carbons (Fsp3) is 0.417. The zero-order valence-corrected chi connectivity index (χ0v) is 21.1. The molecule has 1 heterocycles. The molecule has 0 saturated heterocycles. The first-order valence-electron chi connectivity index (χ1n) is 11.5. The lowest BCUT2D eigenvalue weighted by Gasteiger charge is -2.28. The summed E-state index contributed by atoms with van der Waals surface area (Å²) in [6, 6.07) is 9.16. The topological polar surface area (TPSA) is 87.2 Å². The SMILES string of the molecule is CN(C)c1nc(NC[C@H]2CC[C@H](CNS(=O)(=O)c3cc(F)c(Cl)cc3F)CC2)nc2ccccc12. The molecule has 1 aromatic heterocycles. The minimum atomic E-state index is -4.18. The average Bonchev–Trinajstić information content (AvgIpc) is 2.83. The molecule has 7 nitrogen and oxygen atoms in total. The maximum atomic E-state index is 14.0. The number of benzene rings is 2. The summed E-state index contributed by atoms with van der Waals surface area (Å²) in [7, 11) is -0.274. The first-order chi connectivity index (χ1) is 16.6. The molecular weight excluding hydrogens is 496 g/mol. The maximum Gasteiger partial charge on any atom is 0.243 e. The van der Waals surface area contributed by atoms with E-state index in [0.29, 0.717) is 24.0 Å². The van der Waals surface area contributed by atoms with Crippen molar-refractivity contribution in [2.45, 2.75) is 30.6 Å². The second kappa shape index (κ2) is 10.6. The molecule has 1 saturated carbocycles. The van der Waals surface area contributed by atoms with Crippen LogP contribution in [0.3, 0.4) is 0 Å². The Hall–Kier alpha value is -2.56. The lowest BCUT2D eigenvalue weighted by molar-refractivity contribution is 0.284. The standard InChI is InChI=1S/C24H28ClF2N5O2S/c1-32(2)23-17-5-3-4-6-21(17)30-24(31-23)28-13-15-7-9-16(10-8-15)14-29-35(33,34)22-12-19(26)18(25)11-20(22)27/h3-6,11-12,15-16,29H,7-10,13-14H2,1-2H3,(H,28,30,31)/t15-,16-. The van der Waals surface area contributed by atoms with E-state index in [1.165, 1.54) is 0 Å². The number of fused-ring (bicyclic) bond motifs is 1. The first kappa shape index (κ1) is 25.5. The van der Waals surface area contributed by atoms with Crippen LogP contribution in [0.1, 0.15) is 25.7 Å². The average molecular weight is 524 g/mol. The predicted molar refractivity (Wildman–Crippen MR) is 134 cm³/mol. The molecule has 4 rings (SSSR count). The van der Waals surface area contributed by atoms with Crippen molar-refractivity contribution in [3.05, 3.63) is 53.1 Å². The molecule has 2 N–H and O–H groups in total. The van der Waals surface area contributed by atoms with Crippen molar-refractivity contribution in [1.82, 2.24) is 14.7 Å². The molecule has 3 aromatic rings. The van der Waals surface area contributed by atoms with Gasteiger partial charge in [0.25, 0.3) is 0 Å². The lowest BCUT2D eigenvalue weighted by Crippen LogP contribution is -2.32. The maximum absolute atomic E-state index is 14.0. The van der Waals surface area contributed by atoms with Gasteiger partial charge in [0.1, 0.15) is 22.3 Å². The van der Waals surface area contributed by atoms with Gasteiger partial charge in [0, 0.05) is 32.6 Å². The molecule has 0 radical (unpaired) electrons. The predicted octanol–water partition coefficient (Wildman–Crippen LogP) is 4.82. The monoisotopic (exact) mass is 523 g/mol. The van der Waals surface area contributed by atoms with Gasteiger partial charge in [-0.1, -0.05) is 23.7 Å². The Balaban J connectivity index is 1.30. The third kappa shape index (κ3) is 5.99. The van der Waals surface area contributed by atoms with Crippen LogP contribution in [-0.2, 0) is 10.0 Å². The molecule has 0 aliphatic heterocycles. The minimum Gasteiger partial charge on any atom is -0.362 e. The summed E-state index contributed by atoms with van der Waals surface area (Å²) in [5.74, 6) is -0.0887. The van der Waals surface area contributed by atoms with E-state index in [1.54, 1.807) is 0 Å². The van der Waals surface area contributed by atoms with Crippen molar-refractivity contribution in [1.29, 1.82) is 0 Å². The van der Waals surface area contributed by atoms with Gasteiger partial charge in [0.2, 0.25) is 16.0 Å². The van der Waals surface area contributed by atoms with Gasteiger partial charge in [-0.25, -0.2) is 26.9 Å². The van der Waals surface area contributed by atoms with E-state index in [9.17, 15) is 17.2 Å². The lowest BCUT2D eigenvalue weighted by atomic mass is 9.82. The van der Waals surface area contributed by atoms with E-state index >= 15 is 0 Å². The van der Waals surface area contributed by atoms with Crippen LogP contribution >= 0.6 is 11.6 Å². The Bertz CT molecular complexity index is 1310. The molecule has 0 amide bonds. The van der Waals surface area contributed by atoms with Gasteiger partial charge in [-0.15, -0.1) is 0 Å². The summed E-state index contributed by atoms with van der Waals surface area (Å²) in [6.45, 7) is 0.894. The molecule has 1 fully saturated rings. The smallest absolute Gasteiger partial charge is 0.243 e. The number of rotatable bonds is 8. The van der Waals surface area contributed by atoms with Gasteiger partial charge in [-0.3, -0.25) is 0 Å². The van der Waals surface area contributed by atoms with E-state index in [0.717, 1.165) is 48.9 Å². The summed E-state index contributed by atoms with van der Waals surface area (Å²) < 4.78 is 55.0. The highest BCUT2D eigenvalue weighted by Crippen LogP contribution is 2.30. The summed E-state index contributed by atoms with van der Waals surface area (Å²) >= 11 is 5.52. The van der Waals surface area contributed by atoms with Gasteiger partial charge in [-0.2, -0.15) is 4.98 Å². The van der Waals surface area contributed by atoms with Gasteiger partial charge in [0.15, 0.2) is 0 Å². The normalized spacial score (nSPS) is 18.5. The van der Waals surface area contributed by atoms with Gasteiger partial charge >= 0.3 is 0 Å². The van der Waals surface area contributed by atoms with E-state index in [-0.39, 0.29) is 12.5 Å². The molecule has 1 aliphatic carbocycles. The number of nitrogens with zero attached hydrogens (tertiary/aromatic N) is 3. The fourth-order valence-electron chi connectivity index (χ4n) is 4.37. The van der Waals surface area contributed by atoms with Crippen LogP contribution in [0.4, 0.5) is 20.5 Å². The van der Waals surface area contributed by atoms with Crippen molar-refractivity contribution in [2.24, 2.45) is 11.8 Å². The highest BCUT2D eigenvalue weighted by atomic mass is 35.5. The number of halogens is 3. The fourth-order valence-corrected chi connectivity index (χ4v) is 5.71. The summed E-state index contributed by atoms with van der Waals surface area (Å²) in [5, 5.41) is 3.90. The van der Waals surface area contributed by atoms with Crippen molar-refractivity contribution >= 4 is 44.3 Å². The summed E-state index contributed by atoms with van der Waals surface area (Å²) in [4.78, 5) is 10.5. The summed E-state index contributed by atoms with van der Waals surface area (Å²) in [5.41, 5.74) is 0.877. The number of para-hydroxylation sites is 1. The van der Waals surface area contributed by atoms with Crippen LogP contribution in [-0.4, -0.2) is 45.6 Å². The Kier molecular flexibility index (Phi) is 7.73. The second-order valence-corrected chi connectivity index (χ2v) is 11.2. The largest absolute Gasteiger partial charge is 0.362 e. The molecule has 0 bridgehead atoms. The Morgan fingerprint density at radius 1 is 1.00 bits per heavy atom. The van der Waals surface area contributed by atoms with Crippen LogP contribution in [0.25, 0.3) is 10.9 Å². The van der Waals surface area contributed by atoms with Crippen LogP contribution in [0.2, 0.25) is 5.02 Å². The van der Waals surface area contributed by atoms with Crippen molar-refractivity contribution < 1.29 is 17.2 Å². The van der Waals surface area contributed by atoms with Gasteiger partial charge in [-0.05, 0) is 61.8 Å². The van der Waals surface area contributed by atoms with Gasteiger partial charge < -0.3 is 10.2 Å². The van der Waals surface area contributed by atoms with E-state index < -0.39 is 31.6 Å². The molecule has 188 valence electrons. The molecule has 0 atom stereocenters. The van der Waals surface area contributed by atoms with E-state index in [4.69, 9.17) is 11.6 Å². The number of sulfonamides is 1. The van der Waals surface area contributed by atoms with Crippen molar-refractivity contribution in [3.63, 3.8) is 0 Å². The van der Waals surface area contributed by atoms with Crippen LogP contribution in [0.5, 0.6) is 0 Å². The third-order valence-corrected chi connectivity index (χ3v) is 8.08. The molecular formula is C24H28ClF2N5O2S. The Labute approximate surface area is 209 Å². The van der Waals surface area contributed by atoms with E-state index in [1.807, 2.05) is 43.3 Å². The summed E-state index contributed by atoms with van der Waals surface area (Å²) in [6.07, 6.45) is 3.48. The number of hydrogen-bond acceptors (Lipinski definition) is 6.